The van der Waals surface area contributed by atoms with Crippen molar-refractivity contribution in [1.82, 2.24) is 0 Å². The number of nitrogens with two attached hydrogens (primary N) is 1. The van der Waals surface area contributed by atoms with Gasteiger partial charge in [-0.1, -0.05) is 0 Å². The SMILES string of the molecule is Cc1cc(C2(O)CC2)c(N)o1. The second kappa shape index (κ2) is 1.80. The first-order valence-electron chi connectivity index (χ1n) is 3.70. The van der Waals surface area contributed by atoms with Gasteiger partial charge < -0.3 is 15.3 Å². The van der Waals surface area contributed by atoms with E-state index in [9.17, 15) is 5.11 Å². The van der Waals surface area contributed by atoms with Gasteiger partial charge in [0.05, 0.1) is 5.60 Å². The summed E-state index contributed by atoms with van der Waals surface area (Å²) in [6, 6.07) is 1.81. The zero-order valence-electron chi connectivity index (χ0n) is 6.42. The molecule has 3 N–H and O–H groups in total. The maximum Gasteiger partial charge on any atom is 0.196 e. The minimum Gasteiger partial charge on any atom is -0.446 e. The Kier molecular flexibility index (Phi) is 1.10. The summed E-state index contributed by atoms with van der Waals surface area (Å²) in [6.07, 6.45) is 1.60. The van der Waals surface area contributed by atoms with Crippen LogP contribution in [0.25, 0.3) is 0 Å². The van der Waals surface area contributed by atoms with Crippen LogP contribution >= 0.6 is 0 Å². The molecule has 1 heterocycles. The summed E-state index contributed by atoms with van der Waals surface area (Å²) in [6.45, 7) is 1.82. The van der Waals surface area contributed by atoms with E-state index in [0.717, 1.165) is 24.2 Å². The zero-order valence-corrected chi connectivity index (χ0v) is 6.42. The van der Waals surface area contributed by atoms with E-state index in [1.54, 1.807) is 0 Å². The second-order valence-corrected chi connectivity index (χ2v) is 3.17. The van der Waals surface area contributed by atoms with Crippen LogP contribution in [0, 0.1) is 6.92 Å². The van der Waals surface area contributed by atoms with Crippen molar-refractivity contribution < 1.29 is 9.52 Å². The Hall–Kier alpha value is -0.960. The number of furan rings is 1. The Bertz CT molecular complexity index is 286. The lowest BCUT2D eigenvalue weighted by molar-refractivity contribution is 0.152. The fourth-order valence-electron chi connectivity index (χ4n) is 1.28. The van der Waals surface area contributed by atoms with Gasteiger partial charge in [0.1, 0.15) is 5.76 Å². The third-order valence-corrected chi connectivity index (χ3v) is 2.11. The van der Waals surface area contributed by atoms with Crippen LogP contribution < -0.4 is 5.73 Å². The number of aliphatic hydroxyl groups is 1. The molecule has 0 aliphatic heterocycles. The van der Waals surface area contributed by atoms with Crippen LogP contribution in [0.2, 0.25) is 0 Å². The summed E-state index contributed by atoms with van der Waals surface area (Å²) in [4.78, 5) is 0. The van der Waals surface area contributed by atoms with Crippen molar-refractivity contribution in [1.29, 1.82) is 0 Å². The third kappa shape index (κ3) is 0.922. The van der Waals surface area contributed by atoms with Crippen molar-refractivity contribution in [2.45, 2.75) is 25.4 Å². The molecule has 0 spiro atoms. The van der Waals surface area contributed by atoms with E-state index in [1.165, 1.54) is 0 Å². The highest BCUT2D eigenvalue weighted by atomic mass is 16.4. The molecule has 2 rings (SSSR count). The molecule has 0 saturated heterocycles. The van der Waals surface area contributed by atoms with Crippen molar-refractivity contribution in [2.75, 3.05) is 5.73 Å². The Balaban J connectivity index is 2.44. The van der Waals surface area contributed by atoms with E-state index >= 15 is 0 Å². The van der Waals surface area contributed by atoms with Crippen LogP contribution in [0.5, 0.6) is 0 Å². The summed E-state index contributed by atoms with van der Waals surface area (Å²) in [5, 5.41) is 9.65. The predicted molar refractivity (Wildman–Crippen MR) is 41.0 cm³/mol. The summed E-state index contributed by atoms with van der Waals surface area (Å²) in [5.41, 5.74) is 5.64. The molecule has 1 aliphatic carbocycles. The third-order valence-electron chi connectivity index (χ3n) is 2.11. The highest BCUT2D eigenvalue weighted by Crippen LogP contribution is 2.48. The number of hydrogen-bond donors (Lipinski definition) is 2. The van der Waals surface area contributed by atoms with Crippen LogP contribution in [0.3, 0.4) is 0 Å². The van der Waals surface area contributed by atoms with Gasteiger partial charge in [0.25, 0.3) is 0 Å². The smallest absolute Gasteiger partial charge is 0.196 e. The Morgan fingerprint density at radius 2 is 2.27 bits per heavy atom. The van der Waals surface area contributed by atoms with E-state index in [-0.39, 0.29) is 0 Å². The lowest BCUT2D eigenvalue weighted by Crippen LogP contribution is -2.05. The molecule has 0 atom stereocenters. The molecule has 11 heavy (non-hydrogen) atoms. The number of anilines is 1. The first-order valence-corrected chi connectivity index (χ1v) is 3.70. The molecule has 0 unspecified atom stereocenters. The molecule has 1 aliphatic rings. The summed E-state index contributed by atoms with van der Waals surface area (Å²) >= 11 is 0. The molecular weight excluding hydrogens is 142 g/mol. The molecule has 0 aromatic carbocycles. The average molecular weight is 153 g/mol. The molecule has 1 aromatic heterocycles. The highest BCUT2D eigenvalue weighted by Gasteiger charge is 2.44. The normalized spacial score (nSPS) is 20.2. The van der Waals surface area contributed by atoms with Gasteiger partial charge >= 0.3 is 0 Å². The van der Waals surface area contributed by atoms with Crippen molar-refractivity contribution in [3.63, 3.8) is 0 Å². The monoisotopic (exact) mass is 153 g/mol. The van der Waals surface area contributed by atoms with E-state index in [2.05, 4.69) is 0 Å². The number of hydrogen-bond acceptors (Lipinski definition) is 3. The maximum atomic E-state index is 9.65. The quantitative estimate of drug-likeness (QED) is 0.636. The van der Waals surface area contributed by atoms with Gasteiger partial charge in [0.2, 0.25) is 0 Å². The topological polar surface area (TPSA) is 59.4 Å². The standard InChI is InChI=1S/C8H11NO2/c1-5-4-6(7(9)11-5)8(10)2-3-8/h4,10H,2-3,9H2,1H3. The summed E-state index contributed by atoms with van der Waals surface area (Å²) < 4.78 is 5.10. The Morgan fingerprint density at radius 3 is 2.64 bits per heavy atom. The fraction of sp³-hybridized carbons (Fsp3) is 0.500. The van der Waals surface area contributed by atoms with Crippen molar-refractivity contribution >= 4 is 5.88 Å². The van der Waals surface area contributed by atoms with Gasteiger partial charge in [-0.15, -0.1) is 0 Å². The van der Waals surface area contributed by atoms with Gasteiger partial charge in [-0.25, -0.2) is 0 Å². The molecule has 3 nitrogen and oxygen atoms in total. The highest BCUT2D eigenvalue weighted by molar-refractivity contribution is 5.45. The van der Waals surface area contributed by atoms with E-state index < -0.39 is 5.60 Å². The average Bonchev–Trinajstić information content (AvgIpc) is 2.55. The van der Waals surface area contributed by atoms with Gasteiger partial charge in [-0.3, -0.25) is 0 Å². The van der Waals surface area contributed by atoms with E-state index in [4.69, 9.17) is 10.2 Å². The lowest BCUT2D eigenvalue weighted by atomic mass is 10.1. The first kappa shape index (κ1) is 6.73. The predicted octanol–water partition coefficient (Wildman–Crippen LogP) is 1.15. The molecule has 1 aromatic rings. The van der Waals surface area contributed by atoms with Crippen LogP contribution in [0.1, 0.15) is 24.2 Å². The minimum atomic E-state index is -0.665. The molecule has 60 valence electrons. The van der Waals surface area contributed by atoms with Crippen LogP contribution in [-0.4, -0.2) is 5.11 Å². The largest absolute Gasteiger partial charge is 0.446 e. The van der Waals surface area contributed by atoms with Crippen molar-refractivity contribution in [2.24, 2.45) is 0 Å². The molecule has 3 heteroatoms. The van der Waals surface area contributed by atoms with Gasteiger partial charge in [-0.2, -0.15) is 0 Å². The van der Waals surface area contributed by atoms with Crippen molar-refractivity contribution in [3.05, 3.63) is 17.4 Å². The number of nitrogen functional groups attached to an aromatic ring is 1. The molecular formula is C8H11NO2. The zero-order chi connectivity index (χ0) is 8.06. The molecule has 0 radical (unpaired) electrons. The molecule has 0 bridgehead atoms. The number of aryl methyl sites for hydroxylation is 1. The molecule has 0 amide bonds. The van der Waals surface area contributed by atoms with Gasteiger partial charge in [0.15, 0.2) is 5.88 Å². The van der Waals surface area contributed by atoms with Gasteiger partial charge in [-0.05, 0) is 25.8 Å². The second-order valence-electron chi connectivity index (χ2n) is 3.17. The first-order chi connectivity index (χ1) is 5.12. The Labute approximate surface area is 64.8 Å². The van der Waals surface area contributed by atoms with Crippen LogP contribution in [0.15, 0.2) is 10.5 Å². The number of rotatable bonds is 1. The summed E-state index contributed by atoms with van der Waals surface area (Å²) in [7, 11) is 0. The summed E-state index contributed by atoms with van der Waals surface area (Å²) in [5.74, 6) is 1.13. The Morgan fingerprint density at radius 1 is 1.64 bits per heavy atom. The minimum absolute atomic E-state index is 0.363. The van der Waals surface area contributed by atoms with E-state index in [0.29, 0.717) is 5.88 Å². The van der Waals surface area contributed by atoms with Crippen molar-refractivity contribution in [3.8, 4) is 0 Å². The maximum absolute atomic E-state index is 9.65. The van der Waals surface area contributed by atoms with Crippen LogP contribution in [-0.2, 0) is 5.60 Å². The molecule has 1 saturated carbocycles. The van der Waals surface area contributed by atoms with E-state index in [1.807, 2.05) is 13.0 Å². The van der Waals surface area contributed by atoms with Gasteiger partial charge in [0, 0.05) is 5.56 Å². The van der Waals surface area contributed by atoms with Crippen LogP contribution in [0.4, 0.5) is 5.88 Å². The molecule has 1 fully saturated rings. The fourth-order valence-corrected chi connectivity index (χ4v) is 1.28. The lowest BCUT2D eigenvalue weighted by Gasteiger charge is -2.02.